The molecule has 2 amide bonds. The molecule has 0 unspecified atom stereocenters. The number of carbonyl (C=O) groups excluding carboxylic acids is 5. The number of amides is 2. The van der Waals surface area contributed by atoms with Crippen molar-refractivity contribution in [3.63, 3.8) is 0 Å². The predicted octanol–water partition coefficient (Wildman–Crippen LogP) is -0.320. The molecule has 0 radical (unpaired) electrons. The maximum absolute atomic E-state index is 12.6. The molecule has 0 spiro atoms. The Balaban J connectivity index is 2.80. The van der Waals surface area contributed by atoms with E-state index in [1.54, 1.807) is 13.8 Å². The van der Waals surface area contributed by atoms with E-state index < -0.39 is 34.7 Å². The highest BCUT2D eigenvalue weighted by molar-refractivity contribution is 8.15. The minimum Gasteiger partial charge on any atom is -0.445 e. The van der Waals surface area contributed by atoms with E-state index in [2.05, 4.69) is 10.6 Å². The summed E-state index contributed by atoms with van der Waals surface area (Å²) in [6.07, 6.45) is -2.31. The SMILES string of the molecule is CC(C)(COC(=O)OCC[N+](C)(C)C)[C@H]1OC(=O)C(=O)SCCNC(=O)CCNC1=O. The second-order valence-corrected chi connectivity index (χ2v) is 9.77. The first kappa shape index (κ1) is 26.7. The fourth-order valence-electron chi connectivity index (χ4n) is 2.36. The molecule has 1 atom stereocenters. The zero-order valence-corrected chi connectivity index (χ0v) is 19.5. The molecule has 1 saturated heterocycles. The van der Waals surface area contributed by atoms with Crippen LogP contribution in [0.4, 0.5) is 4.79 Å². The van der Waals surface area contributed by atoms with E-state index in [1.807, 2.05) is 21.1 Å². The second-order valence-electron chi connectivity index (χ2n) is 8.70. The Bertz CT molecular complexity index is 690. The lowest BCUT2D eigenvalue weighted by Gasteiger charge is -2.31. The number of nitrogens with one attached hydrogen (secondary N) is 2. The van der Waals surface area contributed by atoms with Crippen molar-refractivity contribution in [3.05, 3.63) is 0 Å². The first-order valence-corrected chi connectivity index (χ1v) is 10.8. The third kappa shape index (κ3) is 10.5. The highest BCUT2D eigenvalue weighted by Crippen LogP contribution is 2.25. The minimum atomic E-state index is -1.42. The summed E-state index contributed by atoms with van der Waals surface area (Å²) < 4.78 is 15.9. The van der Waals surface area contributed by atoms with Crippen molar-refractivity contribution >= 4 is 40.8 Å². The summed E-state index contributed by atoms with van der Waals surface area (Å²) in [6, 6.07) is 0. The number of carbonyl (C=O) groups is 5. The largest absolute Gasteiger partial charge is 0.508 e. The Labute approximate surface area is 186 Å². The van der Waals surface area contributed by atoms with Crippen LogP contribution in [-0.2, 0) is 33.4 Å². The van der Waals surface area contributed by atoms with Gasteiger partial charge >= 0.3 is 12.1 Å². The molecule has 0 saturated carbocycles. The number of cyclic esters (lactones) is 1. The highest BCUT2D eigenvalue weighted by atomic mass is 32.2. The van der Waals surface area contributed by atoms with Crippen molar-refractivity contribution < 1.29 is 42.7 Å². The van der Waals surface area contributed by atoms with Crippen LogP contribution >= 0.6 is 11.8 Å². The van der Waals surface area contributed by atoms with Gasteiger partial charge in [-0.3, -0.25) is 14.4 Å². The van der Waals surface area contributed by atoms with E-state index in [0.29, 0.717) is 22.8 Å². The zero-order valence-electron chi connectivity index (χ0n) is 18.6. The predicted molar refractivity (Wildman–Crippen MR) is 112 cm³/mol. The monoisotopic (exact) mass is 462 g/mol. The zero-order chi connectivity index (χ0) is 23.7. The molecule has 1 aliphatic rings. The van der Waals surface area contributed by atoms with Gasteiger partial charge in [0.25, 0.3) is 11.0 Å². The van der Waals surface area contributed by atoms with Gasteiger partial charge in [-0.05, 0) is 0 Å². The van der Waals surface area contributed by atoms with Gasteiger partial charge in [0.1, 0.15) is 19.8 Å². The van der Waals surface area contributed by atoms with Crippen molar-refractivity contribution in [3.8, 4) is 0 Å². The molecule has 1 heterocycles. The minimum absolute atomic E-state index is 0.0177. The van der Waals surface area contributed by atoms with Crippen LogP contribution in [0.25, 0.3) is 0 Å². The number of likely N-dealkylation sites (N-methyl/N-ethyl adjacent to an activating group) is 1. The Kier molecular flexibility index (Phi) is 10.2. The van der Waals surface area contributed by atoms with Crippen molar-refractivity contribution in [2.45, 2.75) is 26.4 Å². The molecule has 12 heteroatoms. The lowest BCUT2D eigenvalue weighted by molar-refractivity contribution is -0.870. The fraction of sp³-hybridized carbons (Fsp3) is 0.737. The quantitative estimate of drug-likeness (QED) is 0.309. The van der Waals surface area contributed by atoms with Crippen LogP contribution in [0.15, 0.2) is 0 Å². The highest BCUT2D eigenvalue weighted by Gasteiger charge is 2.41. The standard InChI is InChI=1S/C19H31N3O8S/c1-19(2,12-29-18(27)28-10-9-22(3,4)5)14-15(24)21-7-6-13(23)20-8-11-31-17(26)16(25)30-14/h14H,6-12H2,1-5H3,(H-,20,21,23,24)/p+1/t14-/m0/s1. The fourth-order valence-corrected chi connectivity index (χ4v) is 2.92. The summed E-state index contributed by atoms with van der Waals surface area (Å²) in [5, 5.41) is 4.21. The smallest absolute Gasteiger partial charge is 0.445 e. The van der Waals surface area contributed by atoms with Crippen LogP contribution in [0.2, 0.25) is 0 Å². The summed E-state index contributed by atoms with van der Waals surface area (Å²) in [6.45, 7) is 3.74. The van der Waals surface area contributed by atoms with Crippen LogP contribution in [-0.4, -0.2) is 99.4 Å². The van der Waals surface area contributed by atoms with E-state index in [-0.39, 0.29) is 44.4 Å². The molecule has 11 nitrogen and oxygen atoms in total. The lowest BCUT2D eigenvalue weighted by Crippen LogP contribution is -2.50. The van der Waals surface area contributed by atoms with Crippen molar-refractivity contribution in [2.75, 3.05) is 59.7 Å². The van der Waals surface area contributed by atoms with Crippen LogP contribution in [0, 0.1) is 5.41 Å². The van der Waals surface area contributed by atoms with Gasteiger partial charge in [-0.1, -0.05) is 25.6 Å². The third-order valence-electron chi connectivity index (χ3n) is 4.19. The number of esters is 1. The van der Waals surface area contributed by atoms with E-state index in [0.717, 1.165) is 0 Å². The third-order valence-corrected chi connectivity index (χ3v) is 5.03. The van der Waals surface area contributed by atoms with Crippen molar-refractivity contribution in [1.82, 2.24) is 10.6 Å². The maximum Gasteiger partial charge on any atom is 0.508 e. The molecule has 2 N–H and O–H groups in total. The van der Waals surface area contributed by atoms with Gasteiger partial charge in [0.05, 0.1) is 21.1 Å². The molecule has 0 aromatic carbocycles. The van der Waals surface area contributed by atoms with Crippen molar-refractivity contribution in [2.24, 2.45) is 5.41 Å². The van der Waals surface area contributed by atoms with E-state index in [4.69, 9.17) is 14.2 Å². The summed E-state index contributed by atoms with van der Waals surface area (Å²) in [7, 11) is 5.83. The number of nitrogens with zero attached hydrogens (tertiary/aromatic N) is 1. The van der Waals surface area contributed by atoms with Gasteiger partial charge < -0.3 is 29.3 Å². The number of rotatable bonds is 6. The van der Waals surface area contributed by atoms with E-state index in [1.165, 1.54) is 0 Å². The topological polar surface area (TPSA) is 137 Å². The molecular formula is C19H32N3O8S+. The maximum atomic E-state index is 12.6. The summed E-state index contributed by atoms with van der Waals surface area (Å²) in [4.78, 5) is 60.4. The van der Waals surface area contributed by atoms with Gasteiger partial charge in [0.15, 0.2) is 6.10 Å². The summed E-state index contributed by atoms with van der Waals surface area (Å²) >= 11 is 0.684. The number of hydrogen-bond donors (Lipinski definition) is 2. The molecule has 0 aromatic rings. The Morgan fingerprint density at radius 2 is 1.81 bits per heavy atom. The molecule has 1 aliphatic heterocycles. The summed E-state index contributed by atoms with van der Waals surface area (Å²) in [5.74, 6) is -1.99. The van der Waals surface area contributed by atoms with Crippen LogP contribution in [0.1, 0.15) is 20.3 Å². The van der Waals surface area contributed by atoms with Crippen LogP contribution < -0.4 is 10.6 Å². The molecule has 176 valence electrons. The van der Waals surface area contributed by atoms with Gasteiger partial charge in [0, 0.05) is 30.7 Å². The Morgan fingerprint density at radius 1 is 1.13 bits per heavy atom. The number of ether oxygens (including phenoxy) is 3. The average molecular weight is 463 g/mol. The lowest BCUT2D eigenvalue weighted by atomic mass is 9.86. The van der Waals surface area contributed by atoms with Crippen LogP contribution in [0.5, 0.6) is 0 Å². The molecule has 1 fully saturated rings. The Hall–Kier alpha value is -2.34. The number of hydrogen-bond acceptors (Lipinski definition) is 9. The molecule has 0 aliphatic carbocycles. The number of thioether (sulfide) groups is 1. The average Bonchev–Trinajstić information content (AvgIpc) is 2.66. The second kappa shape index (κ2) is 11.9. The molecule has 0 bridgehead atoms. The van der Waals surface area contributed by atoms with E-state index >= 15 is 0 Å². The first-order chi connectivity index (χ1) is 14.3. The van der Waals surface area contributed by atoms with Gasteiger partial charge in [-0.2, -0.15) is 0 Å². The summed E-state index contributed by atoms with van der Waals surface area (Å²) in [5.41, 5.74) is -1.17. The van der Waals surface area contributed by atoms with Gasteiger partial charge in [-0.25, -0.2) is 9.59 Å². The van der Waals surface area contributed by atoms with Gasteiger partial charge in [0.2, 0.25) is 5.91 Å². The number of quaternary nitrogens is 1. The normalized spacial score (nSPS) is 19.7. The Morgan fingerprint density at radius 3 is 2.45 bits per heavy atom. The molecule has 1 rings (SSSR count). The van der Waals surface area contributed by atoms with E-state index in [9.17, 15) is 24.0 Å². The molecule has 0 aromatic heterocycles. The van der Waals surface area contributed by atoms with Crippen LogP contribution in [0.3, 0.4) is 0 Å². The molecular weight excluding hydrogens is 430 g/mol. The molecule has 31 heavy (non-hydrogen) atoms. The first-order valence-electron chi connectivity index (χ1n) is 9.84. The van der Waals surface area contributed by atoms with Gasteiger partial charge in [-0.15, -0.1) is 0 Å². The van der Waals surface area contributed by atoms with Crippen molar-refractivity contribution in [1.29, 1.82) is 0 Å².